The number of aliphatic hydroxyl groups is 1. The van der Waals surface area contributed by atoms with E-state index in [4.69, 9.17) is 0 Å². The van der Waals surface area contributed by atoms with E-state index in [0.717, 1.165) is 24.3 Å². The van der Waals surface area contributed by atoms with Crippen LogP contribution < -0.4 is 5.32 Å². The summed E-state index contributed by atoms with van der Waals surface area (Å²) in [6.07, 6.45) is 3.87. The molecule has 0 aromatic carbocycles. The second kappa shape index (κ2) is 3.69. The van der Waals surface area contributed by atoms with Crippen LogP contribution in [0.1, 0.15) is 26.2 Å². The largest absolute Gasteiger partial charge is 0.391 e. The van der Waals surface area contributed by atoms with Crippen molar-refractivity contribution in [3.05, 3.63) is 0 Å². The molecule has 4 fully saturated rings. The van der Waals surface area contributed by atoms with Crippen LogP contribution in [0.25, 0.3) is 0 Å². The molecule has 2 saturated heterocycles. The van der Waals surface area contributed by atoms with E-state index in [0.29, 0.717) is 18.0 Å². The molecule has 2 aliphatic heterocycles. The lowest BCUT2D eigenvalue weighted by atomic mass is 9.88. The molecule has 17 heavy (non-hydrogen) atoms. The van der Waals surface area contributed by atoms with Gasteiger partial charge < -0.3 is 10.4 Å². The van der Waals surface area contributed by atoms with Crippen molar-refractivity contribution in [3.63, 3.8) is 0 Å². The first-order valence-electron chi connectivity index (χ1n) is 7.44. The van der Waals surface area contributed by atoms with E-state index in [9.17, 15) is 5.11 Å². The number of nitrogens with one attached hydrogen (secondary N) is 1. The van der Waals surface area contributed by atoms with Gasteiger partial charge in [0.05, 0.1) is 6.10 Å². The summed E-state index contributed by atoms with van der Waals surface area (Å²) in [5, 5.41) is 14.0. The number of hydrogen-bond acceptors (Lipinski definition) is 3. The van der Waals surface area contributed by atoms with Crippen molar-refractivity contribution in [2.75, 3.05) is 19.6 Å². The molecular weight excluding hydrogens is 212 g/mol. The van der Waals surface area contributed by atoms with E-state index < -0.39 is 0 Å². The van der Waals surface area contributed by atoms with Gasteiger partial charge in [-0.25, -0.2) is 0 Å². The average molecular weight is 236 g/mol. The average Bonchev–Trinajstić information content (AvgIpc) is 3.02. The maximum atomic E-state index is 10.4. The van der Waals surface area contributed by atoms with E-state index in [1.165, 1.54) is 32.4 Å². The van der Waals surface area contributed by atoms with Crippen molar-refractivity contribution in [3.8, 4) is 0 Å². The van der Waals surface area contributed by atoms with E-state index in [2.05, 4.69) is 17.1 Å². The van der Waals surface area contributed by atoms with E-state index in [-0.39, 0.29) is 6.10 Å². The molecule has 2 N–H and O–H groups in total. The molecule has 7 atom stereocenters. The third kappa shape index (κ3) is 1.33. The van der Waals surface area contributed by atoms with Gasteiger partial charge in [-0.1, -0.05) is 13.3 Å². The second-order valence-electron chi connectivity index (χ2n) is 6.73. The third-order valence-corrected chi connectivity index (χ3v) is 6.14. The highest BCUT2D eigenvalue weighted by molar-refractivity contribution is 5.13. The van der Waals surface area contributed by atoms with Crippen LogP contribution in [0.2, 0.25) is 0 Å². The summed E-state index contributed by atoms with van der Waals surface area (Å²) in [5.74, 6) is 3.17. The molecule has 2 saturated carbocycles. The Morgan fingerprint density at radius 2 is 2.12 bits per heavy atom. The highest BCUT2D eigenvalue weighted by atomic mass is 16.3. The highest BCUT2D eigenvalue weighted by Crippen LogP contribution is 2.55. The van der Waals surface area contributed by atoms with Crippen LogP contribution >= 0.6 is 0 Å². The topological polar surface area (TPSA) is 35.5 Å². The molecule has 0 amide bonds. The van der Waals surface area contributed by atoms with E-state index in [1.54, 1.807) is 0 Å². The summed E-state index contributed by atoms with van der Waals surface area (Å²) in [6.45, 7) is 5.90. The first-order valence-corrected chi connectivity index (χ1v) is 7.44. The zero-order valence-electron chi connectivity index (χ0n) is 10.7. The van der Waals surface area contributed by atoms with Gasteiger partial charge in [0.2, 0.25) is 0 Å². The van der Waals surface area contributed by atoms with Crippen molar-refractivity contribution in [1.29, 1.82) is 0 Å². The van der Waals surface area contributed by atoms with Crippen molar-refractivity contribution in [2.24, 2.45) is 23.7 Å². The summed E-state index contributed by atoms with van der Waals surface area (Å²) in [6, 6.07) is 1.21. The quantitative estimate of drug-likeness (QED) is 0.740. The van der Waals surface area contributed by atoms with Crippen LogP contribution in [0.5, 0.6) is 0 Å². The van der Waals surface area contributed by atoms with Crippen LogP contribution in [0.4, 0.5) is 0 Å². The summed E-state index contributed by atoms with van der Waals surface area (Å²) >= 11 is 0. The molecule has 7 unspecified atom stereocenters. The lowest BCUT2D eigenvalue weighted by molar-refractivity contribution is 0.0298. The van der Waals surface area contributed by atoms with Gasteiger partial charge in [0.15, 0.2) is 0 Å². The fourth-order valence-electron chi connectivity index (χ4n) is 5.36. The molecule has 0 aromatic heterocycles. The molecule has 0 radical (unpaired) electrons. The van der Waals surface area contributed by atoms with E-state index >= 15 is 0 Å². The lowest BCUT2D eigenvalue weighted by Crippen LogP contribution is -2.48. The van der Waals surface area contributed by atoms with Crippen molar-refractivity contribution >= 4 is 0 Å². The molecule has 96 valence electrons. The maximum absolute atomic E-state index is 10.4. The Kier molecular flexibility index (Phi) is 2.34. The number of likely N-dealkylation sites (tertiary alicyclic amines) is 1. The van der Waals surface area contributed by atoms with Crippen LogP contribution in [0.3, 0.4) is 0 Å². The second-order valence-corrected chi connectivity index (χ2v) is 6.73. The Hall–Kier alpha value is -0.120. The smallest absolute Gasteiger partial charge is 0.0726 e. The number of aliphatic hydroxyl groups excluding tert-OH is 1. The third-order valence-electron chi connectivity index (χ3n) is 6.14. The molecule has 4 aliphatic rings. The summed E-state index contributed by atoms with van der Waals surface area (Å²) < 4.78 is 0. The minimum Gasteiger partial charge on any atom is -0.391 e. The van der Waals surface area contributed by atoms with Gasteiger partial charge in [-0.3, -0.25) is 4.90 Å². The zero-order chi connectivity index (χ0) is 11.6. The molecule has 0 spiro atoms. The Morgan fingerprint density at radius 1 is 1.24 bits per heavy atom. The van der Waals surface area contributed by atoms with Gasteiger partial charge in [0.25, 0.3) is 0 Å². The number of hydrogen-bond donors (Lipinski definition) is 2. The lowest BCUT2D eigenvalue weighted by Gasteiger charge is -2.35. The van der Waals surface area contributed by atoms with Gasteiger partial charge in [-0.15, -0.1) is 0 Å². The monoisotopic (exact) mass is 236 g/mol. The van der Waals surface area contributed by atoms with Crippen LogP contribution in [0, 0.1) is 23.7 Å². The Labute approximate surface area is 104 Å². The summed E-state index contributed by atoms with van der Waals surface area (Å²) in [7, 11) is 0. The predicted octanol–water partition coefficient (Wildman–Crippen LogP) is 0.685. The van der Waals surface area contributed by atoms with Gasteiger partial charge in [-0.2, -0.15) is 0 Å². The Morgan fingerprint density at radius 3 is 2.88 bits per heavy atom. The van der Waals surface area contributed by atoms with Crippen LogP contribution in [0.15, 0.2) is 0 Å². The van der Waals surface area contributed by atoms with Crippen LogP contribution in [-0.4, -0.2) is 47.8 Å². The SMILES string of the molecule is CCC1CNCC1N1CC2CC3CC2C1C3O. The van der Waals surface area contributed by atoms with Crippen molar-refractivity contribution < 1.29 is 5.11 Å². The Balaban J connectivity index is 1.59. The van der Waals surface area contributed by atoms with E-state index in [1.807, 2.05) is 0 Å². The first kappa shape index (κ1) is 10.8. The molecule has 2 aliphatic carbocycles. The zero-order valence-corrected chi connectivity index (χ0v) is 10.7. The van der Waals surface area contributed by atoms with Gasteiger partial charge in [0.1, 0.15) is 0 Å². The standard InChI is InChI=1S/C14H24N2O/c1-2-8-5-15-6-12(8)16-7-10-3-9-4-11(10)13(16)14(9)17/h8-15,17H,2-7H2,1H3. The number of rotatable bonds is 2. The van der Waals surface area contributed by atoms with Gasteiger partial charge >= 0.3 is 0 Å². The van der Waals surface area contributed by atoms with Crippen molar-refractivity contribution in [2.45, 2.75) is 44.4 Å². The minimum absolute atomic E-state index is 0.0168. The molecule has 3 heteroatoms. The minimum atomic E-state index is -0.0168. The summed E-state index contributed by atoms with van der Waals surface area (Å²) in [5.41, 5.74) is 0. The summed E-state index contributed by atoms with van der Waals surface area (Å²) in [4.78, 5) is 2.70. The van der Waals surface area contributed by atoms with Crippen LogP contribution in [-0.2, 0) is 0 Å². The van der Waals surface area contributed by atoms with Crippen molar-refractivity contribution in [1.82, 2.24) is 10.2 Å². The number of fused-ring (bicyclic) bond motifs is 1. The first-order chi connectivity index (χ1) is 8.29. The van der Waals surface area contributed by atoms with Gasteiger partial charge in [0, 0.05) is 25.2 Å². The van der Waals surface area contributed by atoms with Gasteiger partial charge in [-0.05, 0) is 43.1 Å². The molecule has 4 rings (SSSR count). The molecule has 2 heterocycles. The normalized spacial score (nSPS) is 57.2. The molecule has 3 nitrogen and oxygen atoms in total. The fourth-order valence-corrected chi connectivity index (χ4v) is 5.36. The molecule has 0 aromatic rings. The predicted molar refractivity (Wildman–Crippen MR) is 66.6 cm³/mol. The molecule has 2 bridgehead atoms. The Bertz CT molecular complexity index is 319. The molecular formula is C14H24N2O. The maximum Gasteiger partial charge on any atom is 0.0726 e. The highest BCUT2D eigenvalue weighted by Gasteiger charge is 2.60. The fraction of sp³-hybridized carbons (Fsp3) is 1.00. The number of nitrogens with zero attached hydrogens (tertiary/aromatic N) is 1.